The molecule has 72 valence electrons. The summed E-state index contributed by atoms with van der Waals surface area (Å²) in [5.41, 5.74) is 8.12. The van der Waals surface area contributed by atoms with E-state index >= 15 is 0 Å². The third-order valence-corrected chi connectivity index (χ3v) is 1.99. The fourth-order valence-corrected chi connectivity index (χ4v) is 1.03. The van der Waals surface area contributed by atoms with Gasteiger partial charge in [0.1, 0.15) is 12.4 Å². The Labute approximate surface area is 79.7 Å². The lowest BCUT2D eigenvalue weighted by Gasteiger charge is -2.09. The molecule has 0 spiro atoms. The number of rotatable bonds is 3. The number of benzene rings is 1. The van der Waals surface area contributed by atoms with E-state index < -0.39 is 0 Å². The quantitative estimate of drug-likeness (QED) is 0.770. The van der Waals surface area contributed by atoms with E-state index in [2.05, 4.69) is 19.9 Å². The lowest BCUT2D eigenvalue weighted by molar-refractivity contribution is 0.296. The molecular formula is C11H17NO. The molecule has 0 aliphatic carbocycles. The maximum absolute atomic E-state index is 5.58. The van der Waals surface area contributed by atoms with Crippen molar-refractivity contribution in [3.63, 3.8) is 0 Å². The van der Waals surface area contributed by atoms with Crippen molar-refractivity contribution in [1.29, 1.82) is 0 Å². The van der Waals surface area contributed by atoms with Crippen molar-refractivity contribution in [2.75, 3.05) is 6.61 Å². The predicted molar refractivity (Wildman–Crippen MR) is 55.1 cm³/mol. The fraction of sp³-hybridized carbons (Fsp3) is 0.455. The van der Waals surface area contributed by atoms with Gasteiger partial charge in [0.15, 0.2) is 0 Å². The highest BCUT2D eigenvalue weighted by Crippen LogP contribution is 2.16. The van der Waals surface area contributed by atoms with E-state index in [0.717, 1.165) is 5.75 Å². The summed E-state index contributed by atoms with van der Waals surface area (Å²) in [4.78, 5) is 0. The average Bonchev–Trinajstić information content (AvgIpc) is 2.07. The van der Waals surface area contributed by atoms with Gasteiger partial charge in [-0.1, -0.05) is 6.07 Å². The van der Waals surface area contributed by atoms with E-state index in [9.17, 15) is 0 Å². The van der Waals surface area contributed by atoms with Crippen LogP contribution in [0.15, 0.2) is 18.2 Å². The second-order valence-corrected chi connectivity index (χ2v) is 3.53. The zero-order valence-corrected chi connectivity index (χ0v) is 8.50. The zero-order valence-electron chi connectivity index (χ0n) is 8.50. The first-order chi connectivity index (χ1) is 6.09. The largest absolute Gasteiger partial charge is 0.492 e. The van der Waals surface area contributed by atoms with Gasteiger partial charge in [0.2, 0.25) is 0 Å². The van der Waals surface area contributed by atoms with Gasteiger partial charge in [0, 0.05) is 6.04 Å². The molecule has 1 atom stereocenters. The van der Waals surface area contributed by atoms with Gasteiger partial charge in [-0.25, -0.2) is 0 Å². The highest BCUT2D eigenvalue weighted by Gasteiger charge is 1.98. The zero-order chi connectivity index (χ0) is 9.84. The summed E-state index contributed by atoms with van der Waals surface area (Å²) in [6.07, 6.45) is 0. The number of hydrogen-bond donors (Lipinski definition) is 1. The van der Waals surface area contributed by atoms with Crippen LogP contribution in [-0.4, -0.2) is 12.6 Å². The number of aryl methyl sites for hydroxylation is 2. The predicted octanol–water partition coefficient (Wildman–Crippen LogP) is 2.03. The van der Waals surface area contributed by atoms with Crippen molar-refractivity contribution in [3.05, 3.63) is 29.3 Å². The third-order valence-electron chi connectivity index (χ3n) is 1.99. The normalized spacial score (nSPS) is 12.6. The maximum atomic E-state index is 5.58. The molecule has 1 aromatic carbocycles. The molecule has 0 aliphatic heterocycles. The second kappa shape index (κ2) is 4.28. The molecule has 2 heteroatoms. The van der Waals surface area contributed by atoms with Gasteiger partial charge in [-0.15, -0.1) is 0 Å². The minimum Gasteiger partial charge on any atom is -0.492 e. The molecule has 0 fully saturated rings. The van der Waals surface area contributed by atoms with Crippen LogP contribution in [0.3, 0.4) is 0 Å². The van der Waals surface area contributed by atoms with E-state index in [4.69, 9.17) is 10.5 Å². The van der Waals surface area contributed by atoms with Crippen molar-refractivity contribution >= 4 is 0 Å². The summed E-state index contributed by atoms with van der Waals surface area (Å²) < 4.78 is 5.48. The molecule has 0 saturated heterocycles. The first-order valence-corrected chi connectivity index (χ1v) is 4.55. The molecule has 0 bridgehead atoms. The molecule has 0 heterocycles. The Morgan fingerprint density at radius 3 is 2.54 bits per heavy atom. The molecule has 0 radical (unpaired) electrons. The topological polar surface area (TPSA) is 35.2 Å². The molecule has 0 amide bonds. The van der Waals surface area contributed by atoms with Crippen LogP contribution in [0, 0.1) is 13.8 Å². The Hall–Kier alpha value is -1.02. The lowest BCUT2D eigenvalue weighted by atomic mass is 10.1. The van der Waals surface area contributed by atoms with Crippen LogP contribution in [-0.2, 0) is 0 Å². The number of hydrogen-bond acceptors (Lipinski definition) is 2. The van der Waals surface area contributed by atoms with Gasteiger partial charge in [0.05, 0.1) is 0 Å². The molecule has 1 rings (SSSR count). The van der Waals surface area contributed by atoms with Crippen LogP contribution in [0.5, 0.6) is 5.75 Å². The molecule has 0 aliphatic rings. The summed E-state index contributed by atoms with van der Waals surface area (Å²) >= 11 is 0. The second-order valence-electron chi connectivity index (χ2n) is 3.53. The van der Waals surface area contributed by atoms with Crippen molar-refractivity contribution in [1.82, 2.24) is 0 Å². The van der Waals surface area contributed by atoms with Crippen molar-refractivity contribution in [3.8, 4) is 5.75 Å². The highest BCUT2D eigenvalue weighted by molar-refractivity contribution is 5.33. The number of ether oxygens (including phenoxy) is 1. The first-order valence-electron chi connectivity index (χ1n) is 4.55. The molecule has 1 unspecified atom stereocenters. The van der Waals surface area contributed by atoms with Crippen LogP contribution < -0.4 is 10.5 Å². The van der Waals surface area contributed by atoms with E-state index in [1.807, 2.05) is 19.1 Å². The minimum absolute atomic E-state index is 0.0848. The van der Waals surface area contributed by atoms with Crippen molar-refractivity contribution in [2.24, 2.45) is 5.73 Å². The molecule has 0 saturated carbocycles. The van der Waals surface area contributed by atoms with Gasteiger partial charge >= 0.3 is 0 Å². The smallest absolute Gasteiger partial charge is 0.119 e. The summed E-state index contributed by atoms with van der Waals surface area (Å²) in [5, 5.41) is 0. The van der Waals surface area contributed by atoms with Gasteiger partial charge in [-0.2, -0.15) is 0 Å². The monoisotopic (exact) mass is 179 g/mol. The Bertz CT molecular complexity index is 281. The summed E-state index contributed by atoms with van der Waals surface area (Å²) in [7, 11) is 0. The molecule has 2 nitrogen and oxygen atoms in total. The fourth-order valence-electron chi connectivity index (χ4n) is 1.03. The van der Waals surface area contributed by atoms with Gasteiger partial charge < -0.3 is 10.5 Å². The van der Waals surface area contributed by atoms with E-state index in [0.29, 0.717) is 6.61 Å². The van der Waals surface area contributed by atoms with Gasteiger partial charge in [0.25, 0.3) is 0 Å². The SMILES string of the molecule is Cc1ccc(OCC(C)N)cc1C. The first kappa shape index (κ1) is 10.1. The molecule has 0 aromatic heterocycles. The third kappa shape index (κ3) is 3.07. The van der Waals surface area contributed by atoms with Gasteiger partial charge in [-0.05, 0) is 44.0 Å². The number of nitrogens with two attached hydrogens (primary N) is 1. The van der Waals surface area contributed by atoms with Gasteiger partial charge in [-0.3, -0.25) is 0 Å². The Morgan fingerprint density at radius 2 is 2.00 bits per heavy atom. The summed E-state index contributed by atoms with van der Waals surface area (Å²) in [6, 6.07) is 6.16. The minimum atomic E-state index is 0.0848. The van der Waals surface area contributed by atoms with Crippen LogP contribution in [0.25, 0.3) is 0 Å². The summed E-state index contributed by atoms with van der Waals surface area (Å²) in [5.74, 6) is 0.903. The van der Waals surface area contributed by atoms with E-state index in [1.165, 1.54) is 11.1 Å². The average molecular weight is 179 g/mol. The van der Waals surface area contributed by atoms with Crippen LogP contribution in [0.4, 0.5) is 0 Å². The Balaban J connectivity index is 2.63. The van der Waals surface area contributed by atoms with Crippen molar-refractivity contribution < 1.29 is 4.74 Å². The van der Waals surface area contributed by atoms with Crippen LogP contribution in [0.2, 0.25) is 0 Å². The molecule has 13 heavy (non-hydrogen) atoms. The lowest BCUT2D eigenvalue weighted by Crippen LogP contribution is -2.23. The summed E-state index contributed by atoms with van der Waals surface area (Å²) in [6.45, 7) is 6.67. The van der Waals surface area contributed by atoms with Crippen LogP contribution >= 0.6 is 0 Å². The molecule has 2 N–H and O–H groups in total. The van der Waals surface area contributed by atoms with E-state index in [1.54, 1.807) is 0 Å². The van der Waals surface area contributed by atoms with Crippen molar-refractivity contribution in [2.45, 2.75) is 26.8 Å². The standard InChI is InChI=1S/C11H17NO/c1-8-4-5-11(6-9(8)2)13-7-10(3)12/h4-6,10H,7,12H2,1-3H3. The Kier molecular flexibility index (Phi) is 3.32. The van der Waals surface area contributed by atoms with E-state index in [-0.39, 0.29) is 6.04 Å². The molecule has 1 aromatic rings. The molecular weight excluding hydrogens is 162 g/mol. The highest BCUT2D eigenvalue weighted by atomic mass is 16.5. The van der Waals surface area contributed by atoms with Crippen LogP contribution in [0.1, 0.15) is 18.1 Å². The maximum Gasteiger partial charge on any atom is 0.119 e. The Morgan fingerprint density at radius 1 is 1.31 bits per heavy atom.